The van der Waals surface area contributed by atoms with Gasteiger partial charge >= 0.3 is 0 Å². The number of piperidine rings is 1. The fraction of sp³-hybridized carbons (Fsp3) is 0.500. The van der Waals surface area contributed by atoms with Gasteiger partial charge in [0.1, 0.15) is 0 Å². The molecule has 0 bridgehead atoms. The van der Waals surface area contributed by atoms with Gasteiger partial charge in [0.05, 0.1) is 5.69 Å². The number of halogens is 1. The number of aromatic nitrogens is 1. The van der Waals surface area contributed by atoms with Crippen molar-refractivity contribution in [2.45, 2.75) is 12.8 Å². The number of pyridine rings is 1. The monoisotopic (exact) mass is 221 g/mol. The molecular weight excluding hydrogens is 205 g/mol. The number of nitrogens with one attached hydrogen (secondary N) is 1. The molecule has 1 aliphatic heterocycles. The van der Waals surface area contributed by atoms with Crippen molar-refractivity contribution < 1.29 is 4.39 Å². The zero-order valence-electron chi connectivity index (χ0n) is 9.19. The van der Waals surface area contributed by atoms with Gasteiger partial charge in [0, 0.05) is 12.8 Å². The average molecular weight is 221 g/mol. The van der Waals surface area contributed by atoms with E-state index in [0.717, 1.165) is 19.6 Å². The van der Waals surface area contributed by atoms with E-state index >= 15 is 0 Å². The topological polar surface area (TPSA) is 37.3 Å². The number of nitrogens with zero attached hydrogens (tertiary/aromatic N) is 2. The normalized spacial score (nSPS) is 18.1. The van der Waals surface area contributed by atoms with E-state index in [0.29, 0.717) is 11.6 Å². The fourth-order valence-corrected chi connectivity index (χ4v) is 1.86. The number of hydrogen-bond donors (Lipinski definition) is 1. The quantitative estimate of drug-likeness (QED) is 0.622. The molecule has 0 aromatic carbocycles. The molecular formula is C12H16FN3. The van der Waals surface area contributed by atoms with Gasteiger partial charge in [0.25, 0.3) is 0 Å². The Balaban J connectivity index is 1.84. The lowest BCUT2D eigenvalue weighted by molar-refractivity contribution is 0.383. The second-order valence-corrected chi connectivity index (χ2v) is 4.07. The minimum Gasteiger partial charge on any atom is -0.317 e. The summed E-state index contributed by atoms with van der Waals surface area (Å²) in [6, 6.07) is 4.74. The first-order valence-corrected chi connectivity index (χ1v) is 5.68. The van der Waals surface area contributed by atoms with Crippen molar-refractivity contribution in [2.24, 2.45) is 10.9 Å². The summed E-state index contributed by atoms with van der Waals surface area (Å²) in [6.45, 7) is 2.98. The van der Waals surface area contributed by atoms with Crippen LogP contribution < -0.4 is 5.32 Å². The average Bonchev–Trinajstić information content (AvgIpc) is 2.30. The van der Waals surface area contributed by atoms with Gasteiger partial charge in [-0.3, -0.25) is 4.99 Å². The van der Waals surface area contributed by atoms with Gasteiger partial charge in [-0.15, -0.1) is 0 Å². The lowest BCUT2D eigenvalue weighted by atomic mass is 9.99. The SMILES string of the molecule is Fc1cccc(C=NCC2CCNCC2)n1. The minimum atomic E-state index is -0.453. The second-order valence-electron chi connectivity index (χ2n) is 4.07. The van der Waals surface area contributed by atoms with Gasteiger partial charge in [0.2, 0.25) is 5.95 Å². The first kappa shape index (κ1) is 11.2. The van der Waals surface area contributed by atoms with Crippen LogP contribution in [0.3, 0.4) is 0 Å². The Hall–Kier alpha value is -1.29. The molecule has 0 amide bonds. The molecule has 1 aliphatic rings. The van der Waals surface area contributed by atoms with Crippen LogP contribution in [0.25, 0.3) is 0 Å². The maximum absolute atomic E-state index is 12.8. The Morgan fingerprint density at radius 3 is 3.00 bits per heavy atom. The summed E-state index contributed by atoms with van der Waals surface area (Å²) in [5.41, 5.74) is 0.592. The van der Waals surface area contributed by atoms with Crippen molar-refractivity contribution in [1.82, 2.24) is 10.3 Å². The Morgan fingerprint density at radius 1 is 1.44 bits per heavy atom. The van der Waals surface area contributed by atoms with Gasteiger partial charge in [-0.1, -0.05) is 6.07 Å². The highest BCUT2D eigenvalue weighted by molar-refractivity contribution is 5.76. The summed E-state index contributed by atoms with van der Waals surface area (Å²) in [7, 11) is 0. The summed E-state index contributed by atoms with van der Waals surface area (Å²) in [5.74, 6) is 0.205. The summed E-state index contributed by atoms with van der Waals surface area (Å²) < 4.78 is 12.8. The molecule has 0 unspecified atom stereocenters. The molecule has 2 heterocycles. The van der Waals surface area contributed by atoms with Crippen LogP contribution in [-0.4, -0.2) is 30.8 Å². The predicted octanol–water partition coefficient (Wildman–Crippen LogP) is 1.64. The molecule has 0 aliphatic carbocycles. The standard InChI is InChI=1S/C12H16FN3/c13-12-3-1-2-11(16-12)9-15-8-10-4-6-14-7-5-10/h1-3,9-10,14H,4-8H2. The third-order valence-electron chi connectivity index (χ3n) is 2.78. The van der Waals surface area contributed by atoms with Crippen LogP contribution in [-0.2, 0) is 0 Å². The largest absolute Gasteiger partial charge is 0.317 e. The maximum atomic E-state index is 12.8. The summed E-state index contributed by atoms with van der Waals surface area (Å²) in [5, 5.41) is 3.32. The van der Waals surface area contributed by atoms with Gasteiger partial charge in [-0.2, -0.15) is 4.39 Å². The molecule has 0 atom stereocenters. The molecule has 2 rings (SSSR count). The molecule has 1 saturated heterocycles. The minimum absolute atomic E-state index is 0.453. The summed E-state index contributed by atoms with van der Waals surface area (Å²) in [4.78, 5) is 8.05. The van der Waals surface area contributed by atoms with Crippen molar-refractivity contribution in [1.29, 1.82) is 0 Å². The molecule has 1 fully saturated rings. The van der Waals surface area contributed by atoms with Crippen LogP contribution >= 0.6 is 0 Å². The van der Waals surface area contributed by atoms with Crippen molar-refractivity contribution in [3.8, 4) is 0 Å². The smallest absolute Gasteiger partial charge is 0.213 e. The van der Waals surface area contributed by atoms with E-state index in [4.69, 9.17) is 0 Å². The Labute approximate surface area is 94.8 Å². The highest BCUT2D eigenvalue weighted by atomic mass is 19.1. The van der Waals surface area contributed by atoms with E-state index in [-0.39, 0.29) is 0 Å². The predicted molar refractivity (Wildman–Crippen MR) is 62.2 cm³/mol. The van der Waals surface area contributed by atoms with Gasteiger partial charge in [-0.25, -0.2) is 4.98 Å². The van der Waals surface area contributed by atoms with E-state index in [9.17, 15) is 4.39 Å². The lowest BCUT2D eigenvalue weighted by Crippen LogP contribution is -2.28. The zero-order valence-corrected chi connectivity index (χ0v) is 9.19. The molecule has 4 heteroatoms. The van der Waals surface area contributed by atoms with E-state index in [1.54, 1.807) is 18.3 Å². The van der Waals surface area contributed by atoms with Crippen LogP contribution in [0, 0.1) is 11.9 Å². The third kappa shape index (κ3) is 3.38. The van der Waals surface area contributed by atoms with E-state index in [1.165, 1.54) is 18.9 Å². The van der Waals surface area contributed by atoms with Crippen molar-refractivity contribution in [3.05, 3.63) is 29.8 Å². The Morgan fingerprint density at radius 2 is 2.25 bits per heavy atom. The van der Waals surface area contributed by atoms with E-state index in [2.05, 4.69) is 15.3 Å². The zero-order chi connectivity index (χ0) is 11.2. The van der Waals surface area contributed by atoms with Crippen molar-refractivity contribution >= 4 is 6.21 Å². The highest BCUT2D eigenvalue weighted by Gasteiger charge is 2.11. The maximum Gasteiger partial charge on any atom is 0.213 e. The number of hydrogen-bond acceptors (Lipinski definition) is 3. The van der Waals surface area contributed by atoms with Gasteiger partial charge in [-0.05, 0) is 44.0 Å². The van der Waals surface area contributed by atoms with Crippen LogP contribution in [0.15, 0.2) is 23.2 Å². The summed E-state index contributed by atoms with van der Waals surface area (Å²) >= 11 is 0. The van der Waals surface area contributed by atoms with Gasteiger partial charge in [0.15, 0.2) is 0 Å². The second kappa shape index (κ2) is 5.70. The van der Waals surface area contributed by atoms with E-state index in [1.807, 2.05) is 0 Å². The van der Waals surface area contributed by atoms with Crippen LogP contribution in [0.5, 0.6) is 0 Å². The first-order valence-electron chi connectivity index (χ1n) is 5.68. The molecule has 0 radical (unpaired) electrons. The van der Waals surface area contributed by atoms with Crippen LogP contribution in [0.2, 0.25) is 0 Å². The molecule has 86 valence electrons. The first-order chi connectivity index (χ1) is 7.84. The molecule has 1 aromatic rings. The Kier molecular flexibility index (Phi) is 3.99. The molecule has 1 N–H and O–H groups in total. The van der Waals surface area contributed by atoms with Crippen LogP contribution in [0.4, 0.5) is 4.39 Å². The number of rotatable bonds is 3. The molecule has 0 spiro atoms. The molecule has 0 saturated carbocycles. The molecule has 1 aromatic heterocycles. The molecule has 3 nitrogen and oxygen atoms in total. The van der Waals surface area contributed by atoms with Gasteiger partial charge < -0.3 is 5.32 Å². The Bertz CT molecular complexity index is 359. The molecule has 16 heavy (non-hydrogen) atoms. The summed E-state index contributed by atoms with van der Waals surface area (Å²) in [6.07, 6.45) is 4.01. The third-order valence-corrected chi connectivity index (χ3v) is 2.78. The fourth-order valence-electron chi connectivity index (χ4n) is 1.86. The number of aliphatic imine (C=N–C) groups is 1. The van der Waals surface area contributed by atoms with Crippen molar-refractivity contribution in [3.63, 3.8) is 0 Å². The van der Waals surface area contributed by atoms with E-state index < -0.39 is 5.95 Å². The highest BCUT2D eigenvalue weighted by Crippen LogP contribution is 2.11. The van der Waals surface area contributed by atoms with Crippen molar-refractivity contribution in [2.75, 3.05) is 19.6 Å². The lowest BCUT2D eigenvalue weighted by Gasteiger charge is -2.20. The van der Waals surface area contributed by atoms with Crippen LogP contribution in [0.1, 0.15) is 18.5 Å².